The van der Waals surface area contributed by atoms with Crippen LogP contribution in [0.1, 0.15) is 12.5 Å². The summed E-state index contributed by atoms with van der Waals surface area (Å²) >= 11 is 0. The molecule has 1 aromatic carbocycles. The van der Waals surface area contributed by atoms with Crippen molar-refractivity contribution in [2.24, 2.45) is 10.9 Å². The standard InChI is InChI=1S/C22H39N5O2.HI/c1-18(17-27-13-11-25(3)12-14-27)16-24-22(23-2)26(4)10-9-19-7-8-20(28-5)21(15-19)29-6;/h7-8,15,18H,9-14,16-17H2,1-6H3,(H,23,24);1H. The minimum atomic E-state index is 0. The van der Waals surface area contributed by atoms with Crippen LogP contribution in [0.5, 0.6) is 11.5 Å². The molecular weight excluding hydrogens is 493 g/mol. The molecule has 2 rings (SSSR count). The van der Waals surface area contributed by atoms with Gasteiger partial charge in [-0.25, -0.2) is 0 Å². The first kappa shape index (κ1) is 26.8. The number of likely N-dealkylation sites (N-methyl/N-ethyl adjacent to an activating group) is 2. The number of aliphatic imine (C=N–C) groups is 1. The summed E-state index contributed by atoms with van der Waals surface area (Å²) in [4.78, 5) is 11.6. The zero-order valence-corrected chi connectivity index (χ0v) is 21.8. The Hall–Kier alpha value is -1.26. The summed E-state index contributed by atoms with van der Waals surface area (Å²) in [5.41, 5.74) is 1.22. The van der Waals surface area contributed by atoms with Gasteiger partial charge >= 0.3 is 0 Å². The summed E-state index contributed by atoms with van der Waals surface area (Å²) in [5.74, 6) is 3.05. The first-order valence-corrected chi connectivity index (χ1v) is 10.5. The summed E-state index contributed by atoms with van der Waals surface area (Å²) in [7, 11) is 9.46. The molecule has 0 bridgehead atoms. The number of piperazine rings is 1. The van der Waals surface area contributed by atoms with Gasteiger partial charge in [0.25, 0.3) is 0 Å². The molecule has 1 N–H and O–H groups in total. The molecule has 0 saturated carbocycles. The Labute approximate surface area is 199 Å². The molecule has 172 valence electrons. The molecule has 1 aliphatic rings. The lowest BCUT2D eigenvalue weighted by Gasteiger charge is -2.34. The van der Waals surface area contributed by atoms with E-state index in [0.29, 0.717) is 5.92 Å². The van der Waals surface area contributed by atoms with E-state index in [2.05, 4.69) is 52.1 Å². The average Bonchev–Trinajstić information content (AvgIpc) is 2.74. The fraction of sp³-hybridized carbons (Fsp3) is 0.682. The Morgan fingerprint density at radius 2 is 1.83 bits per heavy atom. The number of ether oxygens (including phenoxy) is 2. The predicted molar refractivity (Wildman–Crippen MR) is 136 cm³/mol. The number of methoxy groups -OCH3 is 2. The molecule has 8 heteroatoms. The maximum atomic E-state index is 5.40. The molecule has 0 spiro atoms. The quantitative estimate of drug-likeness (QED) is 0.299. The number of hydrogen-bond acceptors (Lipinski definition) is 5. The highest BCUT2D eigenvalue weighted by molar-refractivity contribution is 14.0. The van der Waals surface area contributed by atoms with Crippen LogP contribution in [0.3, 0.4) is 0 Å². The Kier molecular flexibility index (Phi) is 12.4. The molecule has 1 heterocycles. The lowest BCUT2D eigenvalue weighted by Crippen LogP contribution is -2.47. The third-order valence-electron chi connectivity index (χ3n) is 5.53. The molecule has 1 aliphatic heterocycles. The summed E-state index contributed by atoms with van der Waals surface area (Å²) < 4.78 is 10.7. The lowest BCUT2D eigenvalue weighted by molar-refractivity contribution is 0.139. The first-order chi connectivity index (χ1) is 14.0. The fourth-order valence-electron chi connectivity index (χ4n) is 3.62. The highest BCUT2D eigenvalue weighted by atomic mass is 127. The van der Waals surface area contributed by atoms with E-state index in [1.165, 1.54) is 31.7 Å². The van der Waals surface area contributed by atoms with Crippen LogP contribution in [0.15, 0.2) is 23.2 Å². The number of nitrogens with one attached hydrogen (secondary N) is 1. The molecule has 0 amide bonds. The van der Waals surface area contributed by atoms with Gasteiger partial charge in [-0.05, 0) is 37.1 Å². The van der Waals surface area contributed by atoms with Gasteiger partial charge in [0.1, 0.15) is 0 Å². The third kappa shape index (κ3) is 8.47. The highest BCUT2D eigenvalue weighted by Gasteiger charge is 2.16. The van der Waals surface area contributed by atoms with Crippen LogP contribution >= 0.6 is 24.0 Å². The molecule has 0 radical (unpaired) electrons. The van der Waals surface area contributed by atoms with E-state index in [9.17, 15) is 0 Å². The SMILES string of the molecule is CN=C(NCC(C)CN1CCN(C)CC1)N(C)CCc1ccc(OC)c(OC)c1.I. The van der Waals surface area contributed by atoms with Gasteiger partial charge < -0.3 is 29.5 Å². The van der Waals surface area contributed by atoms with Crippen molar-refractivity contribution in [2.75, 3.05) is 81.2 Å². The van der Waals surface area contributed by atoms with Crippen molar-refractivity contribution in [3.05, 3.63) is 23.8 Å². The topological polar surface area (TPSA) is 52.6 Å². The van der Waals surface area contributed by atoms with Gasteiger partial charge in [-0.2, -0.15) is 0 Å². The Bertz CT molecular complexity index is 650. The summed E-state index contributed by atoms with van der Waals surface area (Å²) in [6, 6.07) is 6.09. The van der Waals surface area contributed by atoms with E-state index in [-0.39, 0.29) is 24.0 Å². The molecule has 30 heavy (non-hydrogen) atoms. The number of hydrogen-bond donors (Lipinski definition) is 1. The Balaban J connectivity index is 0.00000450. The molecule has 1 atom stereocenters. The average molecular weight is 533 g/mol. The number of nitrogens with zero attached hydrogens (tertiary/aromatic N) is 4. The van der Waals surface area contributed by atoms with Gasteiger partial charge in [0.15, 0.2) is 17.5 Å². The minimum Gasteiger partial charge on any atom is -0.493 e. The Morgan fingerprint density at radius 3 is 2.43 bits per heavy atom. The van der Waals surface area contributed by atoms with E-state index >= 15 is 0 Å². The summed E-state index contributed by atoms with van der Waals surface area (Å²) in [6.07, 6.45) is 0.911. The van der Waals surface area contributed by atoms with Crippen LogP contribution in [0.25, 0.3) is 0 Å². The number of halogens is 1. The van der Waals surface area contributed by atoms with Crippen LogP contribution in [0.2, 0.25) is 0 Å². The van der Waals surface area contributed by atoms with Gasteiger partial charge in [-0.1, -0.05) is 13.0 Å². The van der Waals surface area contributed by atoms with E-state index in [1.807, 2.05) is 19.2 Å². The second kappa shape index (κ2) is 13.9. The molecule has 0 aromatic heterocycles. The number of guanidine groups is 1. The zero-order chi connectivity index (χ0) is 21.2. The van der Waals surface area contributed by atoms with Crippen molar-refractivity contribution < 1.29 is 9.47 Å². The van der Waals surface area contributed by atoms with Crippen molar-refractivity contribution in [2.45, 2.75) is 13.3 Å². The number of benzene rings is 1. The van der Waals surface area contributed by atoms with Crippen LogP contribution < -0.4 is 14.8 Å². The van der Waals surface area contributed by atoms with Gasteiger partial charge in [-0.15, -0.1) is 24.0 Å². The van der Waals surface area contributed by atoms with Gasteiger partial charge in [0, 0.05) is 59.9 Å². The van der Waals surface area contributed by atoms with Crippen molar-refractivity contribution in [1.82, 2.24) is 20.0 Å². The molecule has 1 unspecified atom stereocenters. The summed E-state index contributed by atoms with van der Waals surface area (Å²) in [6.45, 7) is 9.92. The molecule has 1 fully saturated rings. The van der Waals surface area contributed by atoms with Crippen molar-refractivity contribution in [3.8, 4) is 11.5 Å². The summed E-state index contributed by atoms with van der Waals surface area (Å²) in [5, 5.41) is 3.54. The van der Waals surface area contributed by atoms with E-state index in [4.69, 9.17) is 9.47 Å². The minimum absolute atomic E-state index is 0. The normalized spacial score (nSPS) is 16.5. The second-order valence-corrected chi connectivity index (χ2v) is 8.00. The third-order valence-corrected chi connectivity index (χ3v) is 5.53. The van der Waals surface area contributed by atoms with Crippen LogP contribution in [-0.4, -0.2) is 102 Å². The van der Waals surface area contributed by atoms with Gasteiger partial charge in [0.05, 0.1) is 14.2 Å². The van der Waals surface area contributed by atoms with Crippen molar-refractivity contribution in [3.63, 3.8) is 0 Å². The van der Waals surface area contributed by atoms with E-state index in [0.717, 1.165) is 43.5 Å². The van der Waals surface area contributed by atoms with Gasteiger partial charge in [0.2, 0.25) is 0 Å². The Morgan fingerprint density at radius 1 is 1.17 bits per heavy atom. The van der Waals surface area contributed by atoms with Crippen LogP contribution in [0.4, 0.5) is 0 Å². The molecule has 7 nitrogen and oxygen atoms in total. The maximum absolute atomic E-state index is 5.40. The molecule has 1 saturated heterocycles. The van der Waals surface area contributed by atoms with E-state index in [1.54, 1.807) is 14.2 Å². The smallest absolute Gasteiger partial charge is 0.193 e. The first-order valence-electron chi connectivity index (χ1n) is 10.5. The van der Waals surface area contributed by atoms with E-state index < -0.39 is 0 Å². The zero-order valence-electron chi connectivity index (χ0n) is 19.5. The monoisotopic (exact) mass is 533 g/mol. The second-order valence-electron chi connectivity index (χ2n) is 8.00. The molecule has 1 aromatic rings. The van der Waals surface area contributed by atoms with Crippen LogP contribution in [0, 0.1) is 5.92 Å². The lowest BCUT2D eigenvalue weighted by atomic mass is 10.1. The van der Waals surface area contributed by atoms with Crippen molar-refractivity contribution >= 4 is 29.9 Å². The fourth-order valence-corrected chi connectivity index (χ4v) is 3.62. The number of rotatable bonds is 9. The maximum Gasteiger partial charge on any atom is 0.193 e. The predicted octanol–water partition coefficient (Wildman–Crippen LogP) is 2.26. The van der Waals surface area contributed by atoms with Gasteiger partial charge in [-0.3, -0.25) is 4.99 Å². The molecule has 0 aliphatic carbocycles. The van der Waals surface area contributed by atoms with Crippen molar-refractivity contribution in [1.29, 1.82) is 0 Å². The highest BCUT2D eigenvalue weighted by Crippen LogP contribution is 2.27. The largest absolute Gasteiger partial charge is 0.493 e. The van der Waals surface area contributed by atoms with Crippen LogP contribution in [-0.2, 0) is 6.42 Å². The molecular formula is C22H40IN5O2.